The molecule has 3 aromatic rings. The van der Waals surface area contributed by atoms with E-state index in [1.807, 2.05) is 13.8 Å². The van der Waals surface area contributed by atoms with Crippen LogP contribution in [0.25, 0.3) is 0 Å². The highest BCUT2D eigenvalue weighted by Crippen LogP contribution is 2.31. The van der Waals surface area contributed by atoms with E-state index in [1.54, 1.807) is 36.4 Å². The number of ether oxygens (including phenoxy) is 1. The summed E-state index contributed by atoms with van der Waals surface area (Å²) in [4.78, 5) is 13.2. The molecule has 9 nitrogen and oxygen atoms in total. The topological polar surface area (TPSA) is 113 Å². The smallest absolute Gasteiger partial charge is 0.264 e. The van der Waals surface area contributed by atoms with Crippen molar-refractivity contribution in [1.82, 2.24) is 4.31 Å². The number of hydrogen-bond acceptors (Lipinski definition) is 6. The van der Waals surface area contributed by atoms with Crippen molar-refractivity contribution < 1.29 is 26.4 Å². The molecule has 1 aliphatic rings. The molecule has 0 aliphatic carbocycles. The number of methoxy groups -OCH3 is 1. The molecule has 0 spiro atoms. The number of piperidine rings is 1. The van der Waals surface area contributed by atoms with Crippen molar-refractivity contribution >= 4 is 37.3 Å². The second-order valence-electron chi connectivity index (χ2n) is 9.47. The van der Waals surface area contributed by atoms with E-state index in [9.17, 15) is 21.6 Å². The van der Waals surface area contributed by atoms with E-state index in [0.717, 1.165) is 34.7 Å². The fourth-order valence-electron chi connectivity index (χ4n) is 4.45. The Morgan fingerprint density at radius 3 is 2.23 bits per heavy atom. The van der Waals surface area contributed by atoms with E-state index in [4.69, 9.17) is 4.74 Å². The van der Waals surface area contributed by atoms with Gasteiger partial charge in [-0.1, -0.05) is 30.7 Å². The molecule has 0 bridgehead atoms. The van der Waals surface area contributed by atoms with Gasteiger partial charge in [-0.2, -0.15) is 4.31 Å². The SMILES string of the molecule is COc1ccc(NC(=O)CN(c2ccc(C)c(C)c2)S(=O)(=O)c2ccccc2)cc1S(=O)(=O)N1CCCCC1. The van der Waals surface area contributed by atoms with Gasteiger partial charge in [0.25, 0.3) is 10.0 Å². The minimum Gasteiger partial charge on any atom is -0.495 e. The number of carbonyl (C=O) groups excluding carboxylic acids is 1. The Labute approximate surface area is 230 Å². The molecule has 1 N–H and O–H groups in total. The number of nitrogens with one attached hydrogen (secondary N) is 1. The van der Waals surface area contributed by atoms with Crippen LogP contribution in [0.5, 0.6) is 5.75 Å². The van der Waals surface area contributed by atoms with Crippen molar-refractivity contribution in [3.8, 4) is 5.75 Å². The molecule has 1 fully saturated rings. The molecule has 39 heavy (non-hydrogen) atoms. The Morgan fingerprint density at radius 1 is 0.897 bits per heavy atom. The lowest BCUT2D eigenvalue weighted by Gasteiger charge is -2.27. The number of anilines is 2. The van der Waals surface area contributed by atoms with Crippen LogP contribution in [-0.2, 0) is 24.8 Å². The second kappa shape index (κ2) is 11.8. The predicted octanol–water partition coefficient (Wildman–Crippen LogP) is 4.32. The molecule has 1 heterocycles. The lowest BCUT2D eigenvalue weighted by Crippen LogP contribution is -2.38. The van der Waals surface area contributed by atoms with Crippen LogP contribution in [0.3, 0.4) is 0 Å². The first-order chi connectivity index (χ1) is 18.5. The number of hydrogen-bond donors (Lipinski definition) is 1. The Hall–Kier alpha value is -3.41. The summed E-state index contributed by atoms with van der Waals surface area (Å²) in [5.41, 5.74) is 2.43. The third-order valence-corrected chi connectivity index (χ3v) is 10.5. The first-order valence-corrected chi connectivity index (χ1v) is 15.5. The van der Waals surface area contributed by atoms with Crippen LogP contribution in [0.2, 0.25) is 0 Å². The highest BCUT2D eigenvalue weighted by Gasteiger charge is 2.30. The number of aryl methyl sites for hydroxylation is 2. The standard InChI is InChI=1S/C28H33N3O6S2/c1-21-12-14-24(18-22(21)2)31(38(33,34)25-10-6-4-7-11-25)20-28(32)29-23-13-15-26(37-3)27(19-23)39(35,36)30-16-8-5-9-17-30/h4,6-7,10-15,18-19H,5,8-9,16-17,20H2,1-3H3,(H,29,32). The first kappa shape index (κ1) is 28.6. The summed E-state index contributed by atoms with van der Waals surface area (Å²) >= 11 is 0. The van der Waals surface area contributed by atoms with Gasteiger partial charge < -0.3 is 10.1 Å². The van der Waals surface area contributed by atoms with Crippen LogP contribution in [0.1, 0.15) is 30.4 Å². The maximum absolute atomic E-state index is 13.6. The summed E-state index contributed by atoms with van der Waals surface area (Å²) in [6, 6.07) is 17.4. The van der Waals surface area contributed by atoms with E-state index >= 15 is 0 Å². The molecule has 208 valence electrons. The van der Waals surface area contributed by atoms with Crippen molar-refractivity contribution in [1.29, 1.82) is 0 Å². The Bertz CT molecular complexity index is 1550. The van der Waals surface area contributed by atoms with E-state index in [1.165, 1.54) is 41.7 Å². The molecule has 0 atom stereocenters. The summed E-state index contributed by atoms with van der Waals surface area (Å²) in [5.74, 6) is -0.457. The van der Waals surface area contributed by atoms with Crippen molar-refractivity contribution in [2.75, 3.05) is 36.4 Å². The van der Waals surface area contributed by atoms with Crippen LogP contribution < -0.4 is 14.4 Å². The quantitative estimate of drug-likeness (QED) is 0.409. The van der Waals surface area contributed by atoms with Gasteiger partial charge in [0.15, 0.2) is 0 Å². The molecular weight excluding hydrogens is 538 g/mol. The number of rotatable bonds is 9. The van der Waals surface area contributed by atoms with E-state index in [2.05, 4.69) is 5.32 Å². The maximum Gasteiger partial charge on any atom is 0.264 e. The zero-order chi connectivity index (χ0) is 28.2. The van der Waals surface area contributed by atoms with Crippen molar-refractivity contribution in [3.63, 3.8) is 0 Å². The third-order valence-electron chi connectivity index (χ3n) is 6.78. The average molecular weight is 572 g/mol. The van der Waals surface area contributed by atoms with Crippen molar-refractivity contribution in [2.45, 2.75) is 42.9 Å². The largest absolute Gasteiger partial charge is 0.495 e. The molecule has 1 aliphatic heterocycles. The van der Waals surface area contributed by atoms with Gasteiger partial charge in [0.2, 0.25) is 15.9 Å². The molecule has 0 aromatic heterocycles. The van der Waals surface area contributed by atoms with Crippen LogP contribution >= 0.6 is 0 Å². The van der Waals surface area contributed by atoms with E-state index in [-0.39, 0.29) is 21.2 Å². The normalized spacial score (nSPS) is 14.5. The summed E-state index contributed by atoms with van der Waals surface area (Å²) in [5, 5.41) is 2.67. The minimum absolute atomic E-state index is 0.0485. The fourth-order valence-corrected chi connectivity index (χ4v) is 7.58. The monoisotopic (exact) mass is 571 g/mol. The molecule has 1 saturated heterocycles. The predicted molar refractivity (Wildman–Crippen MR) is 151 cm³/mol. The lowest BCUT2D eigenvalue weighted by molar-refractivity contribution is -0.114. The number of carbonyl (C=O) groups is 1. The van der Waals surface area contributed by atoms with Crippen LogP contribution in [-0.4, -0.2) is 53.8 Å². The number of sulfonamides is 2. The van der Waals surface area contributed by atoms with E-state index in [0.29, 0.717) is 18.8 Å². The average Bonchev–Trinajstić information content (AvgIpc) is 2.94. The van der Waals surface area contributed by atoms with Crippen LogP contribution in [0.15, 0.2) is 76.5 Å². The Balaban J connectivity index is 1.65. The Kier molecular flexibility index (Phi) is 8.63. The molecule has 11 heteroatoms. The molecule has 0 radical (unpaired) electrons. The number of amides is 1. The fraction of sp³-hybridized carbons (Fsp3) is 0.321. The summed E-state index contributed by atoms with van der Waals surface area (Å²) in [6.45, 7) is 4.11. The van der Waals surface area contributed by atoms with Crippen LogP contribution in [0.4, 0.5) is 11.4 Å². The van der Waals surface area contributed by atoms with Crippen molar-refractivity contribution in [3.05, 3.63) is 77.9 Å². The van der Waals surface area contributed by atoms with Gasteiger partial charge >= 0.3 is 0 Å². The lowest BCUT2D eigenvalue weighted by atomic mass is 10.1. The maximum atomic E-state index is 13.6. The highest BCUT2D eigenvalue weighted by molar-refractivity contribution is 7.92. The number of benzene rings is 3. The van der Waals surface area contributed by atoms with Crippen molar-refractivity contribution in [2.24, 2.45) is 0 Å². The van der Waals surface area contributed by atoms with Gasteiger partial charge in [-0.25, -0.2) is 16.8 Å². The molecule has 0 unspecified atom stereocenters. The van der Waals surface area contributed by atoms with Gasteiger partial charge in [-0.15, -0.1) is 0 Å². The molecular formula is C28H33N3O6S2. The van der Waals surface area contributed by atoms with Gasteiger partial charge in [0.1, 0.15) is 17.2 Å². The molecule has 1 amide bonds. The summed E-state index contributed by atoms with van der Waals surface area (Å²) in [7, 11) is -6.54. The zero-order valence-electron chi connectivity index (χ0n) is 22.3. The molecule has 3 aromatic carbocycles. The van der Waals surface area contributed by atoms with E-state index < -0.39 is 32.5 Å². The minimum atomic E-state index is -4.08. The van der Waals surface area contributed by atoms with Gasteiger partial charge in [0, 0.05) is 18.8 Å². The Morgan fingerprint density at radius 2 is 1.59 bits per heavy atom. The zero-order valence-corrected chi connectivity index (χ0v) is 23.9. The first-order valence-electron chi connectivity index (χ1n) is 12.7. The van der Waals surface area contributed by atoms with Gasteiger partial charge in [0.05, 0.1) is 17.7 Å². The third kappa shape index (κ3) is 6.26. The summed E-state index contributed by atoms with van der Waals surface area (Å²) in [6.07, 6.45) is 2.53. The highest BCUT2D eigenvalue weighted by atomic mass is 32.2. The van der Waals surface area contributed by atoms with Gasteiger partial charge in [-0.3, -0.25) is 9.10 Å². The van der Waals surface area contributed by atoms with Crippen LogP contribution in [0, 0.1) is 13.8 Å². The summed E-state index contributed by atoms with van der Waals surface area (Å²) < 4.78 is 61.7. The molecule has 0 saturated carbocycles. The number of nitrogens with zero attached hydrogens (tertiary/aromatic N) is 2. The van der Waals surface area contributed by atoms with Gasteiger partial charge in [-0.05, 0) is 80.3 Å². The second-order valence-corrected chi connectivity index (χ2v) is 13.2. The molecule has 4 rings (SSSR count).